The molecule has 6 nitrogen and oxygen atoms in total. The standard InChI is InChI=1S/C19H20N2O4S/c1-4-9-21-18(23)14(17(22)20-19(21)26)11-13-7-8-15(25-10-5-2)16(12-13)24-6-3/h4-5,7-8,11-12H,1-2,6,9-10H2,3H3,(H,20,22,26). The van der Waals surface area contributed by atoms with Gasteiger partial charge in [-0.05, 0) is 42.9 Å². The van der Waals surface area contributed by atoms with Gasteiger partial charge in [-0.2, -0.15) is 0 Å². The van der Waals surface area contributed by atoms with E-state index in [1.807, 2.05) is 6.92 Å². The molecule has 1 heterocycles. The van der Waals surface area contributed by atoms with Crippen molar-refractivity contribution >= 4 is 35.2 Å². The van der Waals surface area contributed by atoms with Gasteiger partial charge in [0.05, 0.1) is 6.61 Å². The van der Waals surface area contributed by atoms with Gasteiger partial charge in [-0.3, -0.25) is 19.8 Å². The SMILES string of the molecule is C=CCOc1ccc(C=C2C(=O)NC(=S)N(CC=C)C2=O)cc1OCC. The van der Waals surface area contributed by atoms with E-state index in [1.165, 1.54) is 17.1 Å². The molecule has 26 heavy (non-hydrogen) atoms. The molecule has 0 radical (unpaired) electrons. The Kier molecular flexibility index (Phi) is 6.68. The van der Waals surface area contributed by atoms with E-state index < -0.39 is 11.8 Å². The van der Waals surface area contributed by atoms with E-state index in [4.69, 9.17) is 21.7 Å². The van der Waals surface area contributed by atoms with Gasteiger partial charge >= 0.3 is 0 Å². The van der Waals surface area contributed by atoms with E-state index in [2.05, 4.69) is 18.5 Å². The van der Waals surface area contributed by atoms with E-state index in [0.717, 1.165) is 0 Å². The molecule has 2 amide bonds. The first-order valence-corrected chi connectivity index (χ1v) is 8.43. The summed E-state index contributed by atoms with van der Waals surface area (Å²) < 4.78 is 11.1. The minimum absolute atomic E-state index is 0.0114. The second-order valence-electron chi connectivity index (χ2n) is 5.26. The van der Waals surface area contributed by atoms with Gasteiger partial charge in [0.25, 0.3) is 11.8 Å². The van der Waals surface area contributed by atoms with Gasteiger partial charge in [0.2, 0.25) is 0 Å². The van der Waals surface area contributed by atoms with Gasteiger partial charge in [0, 0.05) is 6.54 Å². The first-order chi connectivity index (χ1) is 12.5. The molecule has 0 unspecified atom stereocenters. The molecular weight excluding hydrogens is 352 g/mol. The van der Waals surface area contributed by atoms with Gasteiger partial charge in [-0.15, -0.1) is 6.58 Å². The van der Waals surface area contributed by atoms with Crippen molar-refractivity contribution in [3.8, 4) is 11.5 Å². The normalized spacial score (nSPS) is 15.7. The van der Waals surface area contributed by atoms with Crippen LogP contribution in [0.25, 0.3) is 6.08 Å². The molecule has 1 aromatic carbocycles. The number of benzene rings is 1. The molecule has 1 saturated heterocycles. The van der Waals surface area contributed by atoms with E-state index >= 15 is 0 Å². The smallest absolute Gasteiger partial charge is 0.265 e. The lowest BCUT2D eigenvalue weighted by Crippen LogP contribution is -2.53. The molecule has 0 spiro atoms. The maximum absolute atomic E-state index is 12.6. The van der Waals surface area contributed by atoms with Crippen LogP contribution in [-0.2, 0) is 9.59 Å². The Labute approximate surface area is 157 Å². The van der Waals surface area contributed by atoms with E-state index in [1.54, 1.807) is 24.3 Å². The maximum Gasteiger partial charge on any atom is 0.265 e. The van der Waals surface area contributed by atoms with Gasteiger partial charge in [0.15, 0.2) is 16.6 Å². The molecule has 0 saturated carbocycles. The number of rotatable bonds is 8. The molecule has 1 aliphatic heterocycles. The number of carbonyl (C=O) groups is 2. The fraction of sp³-hybridized carbons (Fsp3) is 0.211. The molecular formula is C19H20N2O4S. The number of carbonyl (C=O) groups excluding carboxylic acids is 2. The lowest BCUT2D eigenvalue weighted by molar-refractivity contribution is -0.128. The summed E-state index contributed by atoms with van der Waals surface area (Å²) in [4.78, 5) is 26.0. The lowest BCUT2D eigenvalue weighted by Gasteiger charge is -2.27. The van der Waals surface area contributed by atoms with Gasteiger partial charge in [-0.1, -0.05) is 24.8 Å². The number of amides is 2. The first-order valence-electron chi connectivity index (χ1n) is 8.02. The van der Waals surface area contributed by atoms with Crippen LogP contribution in [0, 0.1) is 0 Å². The van der Waals surface area contributed by atoms with Crippen molar-refractivity contribution in [2.45, 2.75) is 6.92 Å². The predicted molar refractivity (Wildman–Crippen MR) is 104 cm³/mol. The van der Waals surface area contributed by atoms with Crippen LogP contribution < -0.4 is 14.8 Å². The summed E-state index contributed by atoms with van der Waals surface area (Å²) in [5.41, 5.74) is 0.618. The zero-order valence-electron chi connectivity index (χ0n) is 14.5. The van der Waals surface area contributed by atoms with Gasteiger partial charge in [-0.25, -0.2) is 0 Å². The van der Waals surface area contributed by atoms with Crippen LogP contribution in [0.5, 0.6) is 11.5 Å². The van der Waals surface area contributed by atoms with Crippen molar-refractivity contribution in [3.05, 3.63) is 54.6 Å². The summed E-state index contributed by atoms with van der Waals surface area (Å²) in [6.07, 6.45) is 4.67. The summed E-state index contributed by atoms with van der Waals surface area (Å²) in [5, 5.41) is 2.58. The number of thiocarbonyl (C=S) groups is 1. The Bertz CT molecular complexity index is 786. The Hall–Kier alpha value is -2.93. The summed E-state index contributed by atoms with van der Waals surface area (Å²) in [5.74, 6) is 0.0717. The Morgan fingerprint density at radius 2 is 1.96 bits per heavy atom. The van der Waals surface area contributed by atoms with Gasteiger partial charge in [0.1, 0.15) is 12.2 Å². The second kappa shape index (κ2) is 8.96. The summed E-state index contributed by atoms with van der Waals surface area (Å²) >= 11 is 5.03. The zero-order chi connectivity index (χ0) is 19.1. The topological polar surface area (TPSA) is 67.9 Å². The average Bonchev–Trinajstić information content (AvgIpc) is 2.61. The van der Waals surface area contributed by atoms with E-state index in [-0.39, 0.29) is 17.2 Å². The van der Waals surface area contributed by atoms with Crippen LogP contribution >= 0.6 is 12.2 Å². The van der Waals surface area contributed by atoms with Crippen LogP contribution in [0.2, 0.25) is 0 Å². The number of nitrogens with one attached hydrogen (secondary N) is 1. The van der Waals surface area contributed by atoms with Crippen molar-refractivity contribution in [2.24, 2.45) is 0 Å². The van der Waals surface area contributed by atoms with Crippen LogP contribution in [0.4, 0.5) is 0 Å². The molecule has 1 aromatic rings. The van der Waals surface area contributed by atoms with Crippen molar-refractivity contribution < 1.29 is 19.1 Å². The summed E-state index contributed by atoms with van der Waals surface area (Å²) in [6, 6.07) is 5.16. The molecule has 0 aliphatic carbocycles. The Morgan fingerprint density at radius 3 is 2.62 bits per heavy atom. The molecule has 1 N–H and O–H groups in total. The minimum Gasteiger partial charge on any atom is -0.490 e. The quantitative estimate of drug-likeness (QED) is 0.329. The number of hydrogen-bond acceptors (Lipinski definition) is 5. The Morgan fingerprint density at radius 1 is 1.19 bits per heavy atom. The predicted octanol–water partition coefficient (Wildman–Crippen LogP) is 2.46. The number of hydrogen-bond donors (Lipinski definition) is 1. The lowest BCUT2D eigenvalue weighted by atomic mass is 10.1. The Balaban J connectivity index is 2.37. The van der Waals surface area contributed by atoms with Crippen molar-refractivity contribution in [1.82, 2.24) is 10.2 Å². The van der Waals surface area contributed by atoms with Crippen LogP contribution in [0.3, 0.4) is 0 Å². The molecule has 0 aromatic heterocycles. The second-order valence-corrected chi connectivity index (χ2v) is 5.65. The van der Waals surface area contributed by atoms with Crippen LogP contribution in [0.15, 0.2) is 49.1 Å². The third kappa shape index (κ3) is 4.37. The molecule has 0 atom stereocenters. The molecule has 0 bridgehead atoms. The fourth-order valence-corrected chi connectivity index (χ4v) is 2.56. The van der Waals surface area contributed by atoms with Crippen LogP contribution in [-0.4, -0.2) is 41.6 Å². The molecule has 1 aliphatic rings. The monoisotopic (exact) mass is 372 g/mol. The maximum atomic E-state index is 12.6. The largest absolute Gasteiger partial charge is 0.490 e. The molecule has 2 rings (SSSR count). The minimum atomic E-state index is -0.537. The summed E-state index contributed by atoms with van der Waals surface area (Å²) in [6.45, 7) is 10.1. The third-order valence-corrected chi connectivity index (χ3v) is 3.76. The van der Waals surface area contributed by atoms with Gasteiger partial charge < -0.3 is 9.47 Å². The fourth-order valence-electron chi connectivity index (χ4n) is 2.31. The van der Waals surface area contributed by atoms with Crippen molar-refractivity contribution in [1.29, 1.82) is 0 Å². The summed E-state index contributed by atoms with van der Waals surface area (Å²) in [7, 11) is 0. The highest BCUT2D eigenvalue weighted by atomic mass is 32.1. The number of ether oxygens (including phenoxy) is 2. The highest BCUT2D eigenvalue weighted by molar-refractivity contribution is 7.80. The van der Waals surface area contributed by atoms with Crippen molar-refractivity contribution in [2.75, 3.05) is 19.8 Å². The molecule has 136 valence electrons. The zero-order valence-corrected chi connectivity index (χ0v) is 15.3. The molecule has 1 fully saturated rings. The number of nitrogens with zero attached hydrogens (tertiary/aromatic N) is 1. The van der Waals surface area contributed by atoms with Crippen LogP contribution in [0.1, 0.15) is 12.5 Å². The highest BCUT2D eigenvalue weighted by Crippen LogP contribution is 2.29. The third-order valence-electron chi connectivity index (χ3n) is 3.43. The van der Waals surface area contributed by atoms with Crippen molar-refractivity contribution in [3.63, 3.8) is 0 Å². The van der Waals surface area contributed by atoms with E-state index in [9.17, 15) is 9.59 Å². The first kappa shape index (κ1) is 19.4. The highest BCUT2D eigenvalue weighted by Gasteiger charge is 2.32. The average molecular weight is 372 g/mol. The van der Waals surface area contributed by atoms with E-state index in [0.29, 0.717) is 30.3 Å². The molecule has 7 heteroatoms.